The zero-order valence-electron chi connectivity index (χ0n) is 9.57. The molecule has 0 N–H and O–H groups in total. The largest absolute Gasteiger partial charge is 0.497 e. The van der Waals surface area contributed by atoms with Gasteiger partial charge in [-0.1, -0.05) is 0 Å². The van der Waals surface area contributed by atoms with Crippen LogP contribution in [-0.2, 0) is 5.88 Å². The van der Waals surface area contributed by atoms with Gasteiger partial charge in [-0.25, -0.2) is 9.66 Å². The van der Waals surface area contributed by atoms with E-state index in [4.69, 9.17) is 16.3 Å². The van der Waals surface area contributed by atoms with Crippen LogP contribution in [0.3, 0.4) is 0 Å². The summed E-state index contributed by atoms with van der Waals surface area (Å²) in [6.45, 7) is 0. The number of ether oxygens (including phenoxy) is 1. The first kappa shape index (κ1) is 11.1. The van der Waals surface area contributed by atoms with Crippen molar-refractivity contribution in [3.8, 4) is 5.75 Å². The summed E-state index contributed by atoms with van der Waals surface area (Å²) in [6, 6.07) is 5.81. The third-order valence-electron chi connectivity index (χ3n) is 2.42. The molecule has 0 fully saturated rings. The van der Waals surface area contributed by atoms with E-state index in [1.54, 1.807) is 7.11 Å². The lowest BCUT2D eigenvalue weighted by molar-refractivity contribution is 0.415. The molecular weight excluding hydrogens is 226 g/mol. The number of nitrogens with zero attached hydrogens (tertiary/aromatic N) is 3. The Kier molecular flexibility index (Phi) is 2.92. The van der Waals surface area contributed by atoms with Gasteiger partial charge in [0.2, 0.25) is 0 Å². The molecule has 0 atom stereocenters. The molecule has 1 aromatic carbocycles. The van der Waals surface area contributed by atoms with E-state index in [2.05, 4.69) is 4.98 Å². The second-order valence-electron chi connectivity index (χ2n) is 3.68. The standard InChI is InChI=1S/C11H14ClN3O/c1-14(2)15-10-5-4-8(16-3)6-9(10)13-11(15)7-12/h4-6H,7H2,1-3H3. The van der Waals surface area contributed by atoms with Gasteiger partial charge in [0.05, 0.1) is 24.0 Å². The molecule has 2 aromatic rings. The fourth-order valence-electron chi connectivity index (χ4n) is 1.76. The van der Waals surface area contributed by atoms with Crippen molar-refractivity contribution in [1.82, 2.24) is 9.66 Å². The van der Waals surface area contributed by atoms with Gasteiger partial charge >= 0.3 is 0 Å². The van der Waals surface area contributed by atoms with Crippen molar-refractivity contribution in [2.45, 2.75) is 5.88 Å². The first-order valence-electron chi connectivity index (χ1n) is 4.96. The van der Waals surface area contributed by atoms with Gasteiger partial charge in [0.1, 0.15) is 11.6 Å². The molecule has 1 aromatic heterocycles. The number of alkyl halides is 1. The molecule has 2 rings (SSSR count). The number of methoxy groups -OCH3 is 1. The first-order chi connectivity index (χ1) is 7.67. The molecule has 0 spiro atoms. The summed E-state index contributed by atoms with van der Waals surface area (Å²) in [4.78, 5) is 4.47. The fourth-order valence-corrected chi connectivity index (χ4v) is 1.93. The molecule has 16 heavy (non-hydrogen) atoms. The highest BCUT2D eigenvalue weighted by Crippen LogP contribution is 2.22. The third-order valence-corrected chi connectivity index (χ3v) is 2.66. The van der Waals surface area contributed by atoms with Crippen molar-refractivity contribution in [3.63, 3.8) is 0 Å². The van der Waals surface area contributed by atoms with E-state index in [1.165, 1.54) is 0 Å². The van der Waals surface area contributed by atoms with Gasteiger partial charge in [0.25, 0.3) is 0 Å². The van der Waals surface area contributed by atoms with E-state index in [1.807, 2.05) is 42.0 Å². The minimum absolute atomic E-state index is 0.384. The summed E-state index contributed by atoms with van der Waals surface area (Å²) >= 11 is 5.88. The minimum atomic E-state index is 0.384. The van der Waals surface area contributed by atoms with Crippen molar-refractivity contribution in [2.75, 3.05) is 26.2 Å². The third kappa shape index (κ3) is 1.69. The van der Waals surface area contributed by atoms with Crippen molar-refractivity contribution < 1.29 is 4.74 Å². The van der Waals surface area contributed by atoms with E-state index in [0.29, 0.717) is 5.88 Å². The molecule has 0 amide bonds. The van der Waals surface area contributed by atoms with Crippen molar-refractivity contribution in [1.29, 1.82) is 0 Å². The van der Waals surface area contributed by atoms with Crippen LogP contribution in [0.5, 0.6) is 5.75 Å². The average molecular weight is 240 g/mol. The molecule has 0 aliphatic rings. The van der Waals surface area contributed by atoms with Crippen molar-refractivity contribution in [3.05, 3.63) is 24.0 Å². The lowest BCUT2D eigenvalue weighted by Gasteiger charge is -2.17. The normalized spacial score (nSPS) is 10.8. The molecule has 1 heterocycles. The summed E-state index contributed by atoms with van der Waals surface area (Å²) in [7, 11) is 5.56. The van der Waals surface area contributed by atoms with E-state index in [-0.39, 0.29) is 0 Å². The maximum absolute atomic E-state index is 5.88. The number of fused-ring (bicyclic) bond motifs is 1. The highest BCUT2D eigenvalue weighted by molar-refractivity contribution is 6.16. The summed E-state index contributed by atoms with van der Waals surface area (Å²) in [6.07, 6.45) is 0. The summed E-state index contributed by atoms with van der Waals surface area (Å²) in [5.41, 5.74) is 1.92. The highest BCUT2D eigenvalue weighted by atomic mass is 35.5. The van der Waals surface area contributed by atoms with Gasteiger partial charge in [-0.3, -0.25) is 0 Å². The smallest absolute Gasteiger partial charge is 0.143 e. The van der Waals surface area contributed by atoms with Gasteiger partial charge in [-0.05, 0) is 12.1 Å². The lowest BCUT2D eigenvalue weighted by atomic mass is 10.3. The van der Waals surface area contributed by atoms with Crippen LogP contribution in [0.15, 0.2) is 18.2 Å². The molecule has 0 saturated heterocycles. The molecule has 86 valence electrons. The zero-order chi connectivity index (χ0) is 11.7. The molecule has 4 nitrogen and oxygen atoms in total. The summed E-state index contributed by atoms with van der Waals surface area (Å²) in [5, 5.41) is 1.96. The topological polar surface area (TPSA) is 30.3 Å². The van der Waals surface area contributed by atoms with Crippen LogP contribution < -0.4 is 9.75 Å². The van der Waals surface area contributed by atoms with E-state index >= 15 is 0 Å². The van der Waals surface area contributed by atoms with Crippen LogP contribution in [0, 0.1) is 0 Å². The van der Waals surface area contributed by atoms with Gasteiger partial charge in [-0.2, -0.15) is 0 Å². The summed E-state index contributed by atoms with van der Waals surface area (Å²) < 4.78 is 7.16. The van der Waals surface area contributed by atoms with Crippen LogP contribution >= 0.6 is 11.6 Å². The number of imidazole rings is 1. The van der Waals surface area contributed by atoms with Gasteiger partial charge in [0, 0.05) is 20.2 Å². The minimum Gasteiger partial charge on any atom is -0.497 e. The Balaban J connectivity index is 2.67. The Morgan fingerprint density at radius 2 is 2.19 bits per heavy atom. The van der Waals surface area contributed by atoms with Crippen LogP contribution in [-0.4, -0.2) is 30.9 Å². The van der Waals surface area contributed by atoms with E-state index in [9.17, 15) is 0 Å². The van der Waals surface area contributed by atoms with Crippen molar-refractivity contribution in [2.24, 2.45) is 0 Å². The Bertz CT molecular complexity index is 507. The molecule has 0 aliphatic carbocycles. The predicted molar refractivity (Wildman–Crippen MR) is 65.9 cm³/mol. The highest BCUT2D eigenvalue weighted by Gasteiger charge is 2.11. The number of hydrogen-bond acceptors (Lipinski definition) is 3. The van der Waals surface area contributed by atoms with E-state index < -0.39 is 0 Å². The second kappa shape index (κ2) is 4.22. The number of aromatic nitrogens is 2. The van der Waals surface area contributed by atoms with Crippen LogP contribution in [0.1, 0.15) is 5.82 Å². The second-order valence-corrected chi connectivity index (χ2v) is 3.94. The average Bonchev–Trinajstić information content (AvgIpc) is 2.65. The number of halogens is 1. The maximum Gasteiger partial charge on any atom is 0.143 e. The van der Waals surface area contributed by atoms with Gasteiger partial charge in [0.15, 0.2) is 0 Å². The van der Waals surface area contributed by atoms with Crippen LogP contribution in [0.4, 0.5) is 0 Å². The van der Waals surface area contributed by atoms with E-state index in [0.717, 1.165) is 22.6 Å². The molecular formula is C11H14ClN3O. The summed E-state index contributed by atoms with van der Waals surface area (Å²) in [5.74, 6) is 2.02. The van der Waals surface area contributed by atoms with Crippen molar-refractivity contribution >= 4 is 22.6 Å². The number of rotatable bonds is 3. The maximum atomic E-state index is 5.88. The molecule has 0 radical (unpaired) electrons. The predicted octanol–water partition coefficient (Wildman–Crippen LogP) is 1.98. The molecule has 5 heteroatoms. The van der Waals surface area contributed by atoms with Gasteiger partial charge < -0.3 is 9.75 Å². The molecule has 0 saturated carbocycles. The van der Waals surface area contributed by atoms with Crippen LogP contribution in [0.2, 0.25) is 0 Å². The van der Waals surface area contributed by atoms with Crippen LogP contribution in [0.25, 0.3) is 11.0 Å². The monoisotopic (exact) mass is 239 g/mol. The Morgan fingerprint density at radius 3 is 2.75 bits per heavy atom. The zero-order valence-corrected chi connectivity index (χ0v) is 10.3. The molecule has 0 bridgehead atoms. The SMILES string of the molecule is COc1ccc2c(c1)nc(CCl)n2N(C)C. The first-order valence-corrected chi connectivity index (χ1v) is 5.49. The molecule has 0 unspecified atom stereocenters. The number of benzene rings is 1. The molecule has 0 aliphatic heterocycles. The lowest BCUT2D eigenvalue weighted by Crippen LogP contribution is -2.26. The van der Waals surface area contributed by atoms with Gasteiger partial charge in [-0.15, -0.1) is 11.6 Å². The number of hydrogen-bond donors (Lipinski definition) is 0. The Labute approximate surface area is 99.4 Å². The quantitative estimate of drug-likeness (QED) is 0.768. The Hall–Kier alpha value is -1.42. The Morgan fingerprint density at radius 1 is 1.44 bits per heavy atom. The fraction of sp³-hybridized carbons (Fsp3) is 0.364.